The van der Waals surface area contributed by atoms with Gasteiger partial charge in [-0.05, 0) is 18.4 Å². The fourth-order valence-corrected chi connectivity index (χ4v) is 2.77. The zero-order valence-electron chi connectivity index (χ0n) is 12.8. The summed E-state index contributed by atoms with van der Waals surface area (Å²) in [6, 6.07) is 10.0. The smallest absolute Gasteiger partial charge is 0.223 e. The average Bonchev–Trinajstić information content (AvgIpc) is 2.58. The molecule has 5 heteroatoms. The van der Waals surface area contributed by atoms with Gasteiger partial charge in [-0.1, -0.05) is 30.3 Å². The monoisotopic (exact) mass is 322 g/mol. The fraction of sp³-hybridized carbons (Fsp3) is 0.529. The lowest BCUT2D eigenvalue weighted by Gasteiger charge is -2.35. The zero-order chi connectivity index (χ0) is 15.8. The molecule has 4 nitrogen and oxygen atoms in total. The van der Waals surface area contributed by atoms with Crippen molar-refractivity contribution in [3.8, 4) is 0 Å². The molecule has 0 aromatic heterocycles. The Kier molecular flexibility index (Phi) is 6.72. The summed E-state index contributed by atoms with van der Waals surface area (Å²) in [6.45, 7) is 2.55. The van der Waals surface area contributed by atoms with Gasteiger partial charge in [-0.2, -0.15) is 0 Å². The molecule has 0 bridgehead atoms. The molecule has 1 aromatic carbocycles. The number of carbonyl (C=O) groups excluding carboxylic acids is 2. The molecule has 1 fully saturated rings. The molecule has 1 aliphatic rings. The van der Waals surface area contributed by atoms with E-state index in [0.717, 1.165) is 12.8 Å². The summed E-state index contributed by atoms with van der Waals surface area (Å²) in [6.07, 6.45) is 2.53. The number of amides is 2. The number of alkyl halides is 1. The van der Waals surface area contributed by atoms with Crippen molar-refractivity contribution in [1.29, 1.82) is 0 Å². The van der Waals surface area contributed by atoms with Gasteiger partial charge in [0.15, 0.2) is 0 Å². The number of nitrogens with zero attached hydrogens (tertiary/aromatic N) is 2. The van der Waals surface area contributed by atoms with Gasteiger partial charge in [0, 0.05) is 44.9 Å². The minimum absolute atomic E-state index is 0.150. The first-order valence-electron chi connectivity index (χ1n) is 7.86. The Hall–Kier alpha value is -1.55. The third-order valence-electron chi connectivity index (χ3n) is 3.98. The Morgan fingerprint density at radius 1 is 0.909 bits per heavy atom. The van der Waals surface area contributed by atoms with Crippen molar-refractivity contribution in [3.63, 3.8) is 0 Å². The summed E-state index contributed by atoms with van der Waals surface area (Å²) in [5.74, 6) is 0.845. The van der Waals surface area contributed by atoms with E-state index >= 15 is 0 Å². The number of carbonyl (C=O) groups is 2. The molecule has 0 N–H and O–H groups in total. The predicted molar refractivity (Wildman–Crippen MR) is 87.9 cm³/mol. The van der Waals surface area contributed by atoms with Crippen LogP contribution in [0.5, 0.6) is 0 Å². The van der Waals surface area contributed by atoms with Crippen molar-refractivity contribution in [3.05, 3.63) is 35.9 Å². The molecule has 120 valence electrons. The molecule has 0 unspecified atom stereocenters. The van der Waals surface area contributed by atoms with Crippen molar-refractivity contribution in [2.75, 3.05) is 32.1 Å². The van der Waals surface area contributed by atoms with Crippen molar-refractivity contribution < 1.29 is 9.59 Å². The number of benzene rings is 1. The topological polar surface area (TPSA) is 40.6 Å². The third-order valence-corrected chi connectivity index (χ3v) is 4.25. The van der Waals surface area contributed by atoms with Crippen LogP contribution < -0.4 is 0 Å². The Bertz CT molecular complexity index is 485. The molecule has 0 saturated carbocycles. The lowest BCUT2D eigenvalue weighted by Crippen LogP contribution is -2.50. The number of hydrogen-bond acceptors (Lipinski definition) is 2. The van der Waals surface area contributed by atoms with E-state index in [1.807, 2.05) is 40.1 Å². The van der Waals surface area contributed by atoms with E-state index in [1.54, 1.807) is 0 Å². The fourth-order valence-electron chi connectivity index (χ4n) is 2.64. The largest absolute Gasteiger partial charge is 0.339 e. The summed E-state index contributed by atoms with van der Waals surface area (Å²) in [5, 5.41) is 0. The van der Waals surface area contributed by atoms with Crippen molar-refractivity contribution in [2.24, 2.45) is 0 Å². The van der Waals surface area contributed by atoms with Crippen LogP contribution in [-0.4, -0.2) is 53.7 Å². The van der Waals surface area contributed by atoms with E-state index in [-0.39, 0.29) is 11.8 Å². The van der Waals surface area contributed by atoms with Gasteiger partial charge in [0.1, 0.15) is 0 Å². The Balaban J connectivity index is 1.72. The second-order valence-electron chi connectivity index (χ2n) is 5.54. The SMILES string of the molecule is O=C(CCCCl)N1CCN(C(=O)CCc2ccccc2)CC1. The maximum Gasteiger partial charge on any atom is 0.223 e. The van der Waals surface area contributed by atoms with E-state index in [0.29, 0.717) is 44.9 Å². The molecule has 1 aromatic rings. The highest BCUT2D eigenvalue weighted by molar-refractivity contribution is 6.17. The van der Waals surface area contributed by atoms with E-state index in [2.05, 4.69) is 0 Å². The first-order chi connectivity index (χ1) is 10.7. The molecule has 0 aliphatic carbocycles. The highest BCUT2D eigenvalue weighted by atomic mass is 35.5. The molecule has 2 rings (SSSR count). The normalized spacial score (nSPS) is 15.0. The number of aryl methyl sites for hydroxylation is 1. The summed E-state index contributed by atoms with van der Waals surface area (Å²) in [7, 11) is 0. The number of halogens is 1. The molecular weight excluding hydrogens is 300 g/mol. The van der Waals surface area contributed by atoms with Crippen LogP contribution >= 0.6 is 11.6 Å². The van der Waals surface area contributed by atoms with Crippen LogP contribution in [0.3, 0.4) is 0 Å². The highest BCUT2D eigenvalue weighted by Crippen LogP contribution is 2.09. The highest BCUT2D eigenvalue weighted by Gasteiger charge is 2.23. The lowest BCUT2D eigenvalue weighted by molar-refractivity contribution is -0.139. The average molecular weight is 323 g/mol. The standard InChI is InChI=1S/C17H23ClN2O2/c18-10-4-7-16(21)19-11-13-20(14-12-19)17(22)9-8-15-5-2-1-3-6-15/h1-3,5-6H,4,7-14H2. The van der Waals surface area contributed by atoms with Crippen LogP contribution in [0.4, 0.5) is 0 Å². The van der Waals surface area contributed by atoms with E-state index in [9.17, 15) is 9.59 Å². The summed E-state index contributed by atoms with van der Waals surface area (Å²) in [5.41, 5.74) is 1.19. The van der Waals surface area contributed by atoms with Gasteiger partial charge in [0.05, 0.1) is 0 Å². The quantitative estimate of drug-likeness (QED) is 0.754. The molecule has 0 spiro atoms. The summed E-state index contributed by atoms with van der Waals surface area (Å²) < 4.78 is 0. The lowest BCUT2D eigenvalue weighted by atomic mass is 10.1. The second-order valence-corrected chi connectivity index (χ2v) is 5.92. The summed E-state index contributed by atoms with van der Waals surface area (Å²) >= 11 is 5.61. The van der Waals surface area contributed by atoms with Crippen LogP contribution in [0.2, 0.25) is 0 Å². The Morgan fingerprint density at radius 3 is 2.00 bits per heavy atom. The van der Waals surface area contributed by atoms with Gasteiger partial charge in [-0.15, -0.1) is 11.6 Å². The van der Waals surface area contributed by atoms with Crippen LogP contribution in [0, 0.1) is 0 Å². The molecule has 1 heterocycles. The number of rotatable bonds is 6. The van der Waals surface area contributed by atoms with Gasteiger partial charge in [0.25, 0.3) is 0 Å². The Morgan fingerprint density at radius 2 is 1.45 bits per heavy atom. The minimum Gasteiger partial charge on any atom is -0.339 e. The van der Waals surface area contributed by atoms with Crippen LogP contribution in [0.25, 0.3) is 0 Å². The molecular formula is C17H23ClN2O2. The summed E-state index contributed by atoms with van der Waals surface area (Å²) in [4.78, 5) is 27.8. The molecule has 0 atom stereocenters. The molecule has 0 radical (unpaired) electrons. The number of piperazine rings is 1. The van der Waals surface area contributed by atoms with Gasteiger partial charge < -0.3 is 9.80 Å². The van der Waals surface area contributed by atoms with Gasteiger partial charge >= 0.3 is 0 Å². The minimum atomic E-state index is 0.150. The molecule has 22 heavy (non-hydrogen) atoms. The second kappa shape index (κ2) is 8.79. The Labute approximate surface area is 137 Å². The molecule has 2 amide bonds. The van der Waals surface area contributed by atoms with Crippen LogP contribution in [0.15, 0.2) is 30.3 Å². The van der Waals surface area contributed by atoms with Crippen molar-refractivity contribution in [2.45, 2.75) is 25.7 Å². The third kappa shape index (κ3) is 5.02. The van der Waals surface area contributed by atoms with Gasteiger partial charge in [-0.25, -0.2) is 0 Å². The molecule has 1 saturated heterocycles. The maximum absolute atomic E-state index is 12.2. The van der Waals surface area contributed by atoms with E-state index < -0.39 is 0 Å². The van der Waals surface area contributed by atoms with Crippen LogP contribution in [-0.2, 0) is 16.0 Å². The van der Waals surface area contributed by atoms with Crippen molar-refractivity contribution >= 4 is 23.4 Å². The maximum atomic E-state index is 12.2. The molecule has 1 aliphatic heterocycles. The van der Waals surface area contributed by atoms with Gasteiger partial charge in [-0.3, -0.25) is 9.59 Å². The van der Waals surface area contributed by atoms with Crippen molar-refractivity contribution in [1.82, 2.24) is 9.80 Å². The van der Waals surface area contributed by atoms with E-state index in [4.69, 9.17) is 11.6 Å². The van der Waals surface area contributed by atoms with Gasteiger partial charge in [0.2, 0.25) is 11.8 Å². The zero-order valence-corrected chi connectivity index (χ0v) is 13.6. The number of hydrogen-bond donors (Lipinski definition) is 0. The van der Waals surface area contributed by atoms with Crippen LogP contribution in [0.1, 0.15) is 24.8 Å². The first kappa shape index (κ1) is 16.8. The van der Waals surface area contributed by atoms with E-state index in [1.165, 1.54) is 5.56 Å². The predicted octanol–water partition coefficient (Wildman–Crippen LogP) is 2.31. The first-order valence-corrected chi connectivity index (χ1v) is 8.39.